The van der Waals surface area contributed by atoms with Crippen molar-refractivity contribution >= 4 is 17.5 Å². The van der Waals surface area contributed by atoms with Crippen LogP contribution in [0, 0.1) is 17.0 Å². The van der Waals surface area contributed by atoms with E-state index in [0.29, 0.717) is 31.7 Å². The van der Waals surface area contributed by atoms with Crippen LogP contribution < -0.4 is 10.2 Å². The number of non-ortho nitro benzene ring substituents is 1. The second-order valence-corrected chi connectivity index (χ2v) is 7.44. The largest absolute Gasteiger partial charge is 0.353 e. The van der Waals surface area contributed by atoms with Gasteiger partial charge in [-0.25, -0.2) is 14.8 Å². The maximum Gasteiger partial charge on any atom is 0.317 e. The van der Waals surface area contributed by atoms with Crippen LogP contribution in [0.5, 0.6) is 0 Å². The van der Waals surface area contributed by atoms with Crippen molar-refractivity contribution in [3.05, 3.63) is 57.5 Å². The molecule has 0 saturated carbocycles. The number of nitrogens with one attached hydrogen (secondary N) is 1. The lowest BCUT2D eigenvalue weighted by molar-refractivity contribution is -0.384. The molecular weight excluding hydrogens is 372 g/mol. The van der Waals surface area contributed by atoms with Gasteiger partial charge in [-0.05, 0) is 12.5 Å². The number of nitro groups is 1. The number of amides is 2. The third-order valence-corrected chi connectivity index (χ3v) is 4.83. The molecule has 1 aliphatic rings. The van der Waals surface area contributed by atoms with Gasteiger partial charge in [0.05, 0.1) is 4.92 Å². The topological polar surface area (TPSA) is 104 Å². The standard InChI is InChI=1S/C20H26N6O3/c1-14(2)19-22-15(3)11-18(23-19)24-7-9-25(10-8-24)20(27)21-13-16-5-4-6-17(12-16)26(28)29/h4-6,11-12,14H,7-10,13H2,1-3H3,(H,21,27). The molecule has 9 nitrogen and oxygen atoms in total. The van der Waals surface area contributed by atoms with Crippen molar-refractivity contribution in [3.8, 4) is 0 Å². The molecule has 0 radical (unpaired) electrons. The fraction of sp³-hybridized carbons (Fsp3) is 0.450. The molecule has 0 atom stereocenters. The van der Waals surface area contributed by atoms with E-state index in [0.717, 1.165) is 17.3 Å². The van der Waals surface area contributed by atoms with Gasteiger partial charge in [0.15, 0.2) is 0 Å². The third kappa shape index (κ3) is 5.18. The van der Waals surface area contributed by atoms with Gasteiger partial charge in [0.25, 0.3) is 5.69 Å². The van der Waals surface area contributed by atoms with Crippen LogP contribution in [-0.2, 0) is 6.54 Å². The minimum absolute atomic E-state index is 0.0197. The second kappa shape index (κ2) is 8.85. The van der Waals surface area contributed by atoms with Crippen LogP contribution in [0.1, 0.15) is 36.8 Å². The summed E-state index contributed by atoms with van der Waals surface area (Å²) in [7, 11) is 0. The molecule has 3 rings (SSSR count). The monoisotopic (exact) mass is 398 g/mol. The van der Waals surface area contributed by atoms with Crippen LogP contribution in [0.3, 0.4) is 0 Å². The summed E-state index contributed by atoms with van der Waals surface area (Å²) in [6.07, 6.45) is 0. The van der Waals surface area contributed by atoms with Gasteiger partial charge in [-0.3, -0.25) is 10.1 Å². The van der Waals surface area contributed by atoms with Crippen molar-refractivity contribution < 1.29 is 9.72 Å². The van der Waals surface area contributed by atoms with Gasteiger partial charge in [0.1, 0.15) is 11.6 Å². The average Bonchev–Trinajstić information content (AvgIpc) is 2.71. The number of rotatable bonds is 5. The number of aryl methyl sites for hydroxylation is 1. The van der Waals surface area contributed by atoms with E-state index in [2.05, 4.69) is 34.0 Å². The summed E-state index contributed by atoms with van der Waals surface area (Å²) in [4.78, 5) is 36.0. The maximum atomic E-state index is 12.5. The normalized spacial score (nSPS) is 14.2. The fourth-order valence-electron chi connectivity index (χ4n) is 3.20. The van der Waals surface area contributed by atoms with Gasteiger partial charge in [-0.2, -0.15) is 0 Å². The molecule has 0 spiro atoms. The maximum absolute atomic E-state index is 12.5. The first kappa shape index (κ1) is 20.5. The van der Waals surface area contributed by atoms with E-state index < -0.39 is 4.92 Å². The highest BCUT2D eigenvalue weighted by molar-refractivity contribution is 5.74. The van der Waals surface area contributed by atoms with Crippen LogP contribution in [0.15, 0.2) is 30.3 Å². The molecule has 2 amide bonds. The Labute approximate surface area is 169 Å². The highest BCUT2D eigenvalue weighted by Crippen LogP contribution is 2.19. The van der Waals surface area contributed by atoms with Crippen molar-refractivity contribution in [2.45, 2.75) is 33.2 Å². The number of piperazine rings is 1. The Kier molecular flexibility index (Phi) is 6.26. The Morgan fingerprint density at radius 3 is 2.59 bits per heavy atom. The summed E-state index contributed by atoms with van der Waals surface area (Å²) in [5.74, 6) is 1.99. The molecule has 1 aromatic carbocycles. The van der Waals surface area contributed by atoms with Gasteiger partial charge in [0, 0.05) is 62.5 Å². The highest BCUT2D eigenvalue weighted by atomic mass is 16.6. The zero-order valence-electron chi connectivity index (χ0n) is 17.0. The molecule has 29 heavy (non-hydrogen) atoms. The van der Waals surface area contributed by atoms with Crippen LogP contribution in [-0.4, -0.2) is 52.0 Å². The van der Waals surface area contributed by atoms with Gasteiger partial charge in [-0.15, -0.1) is 0 Å². The SMILES string of the molecule is Cc1cc(N2CCN(C(=O)NCc3cccc([N+](=O)[O-])c3)CC2)nc(C(C)C)n1. The Hall–Kier alpha value is -3.23. The van der Waals surface area contributed by atoms with E-state index in [1.807, 2.05) is 13.0 Å². The Morgan fingerprint density at radius 2 is 1.93 bits per heavy atom. The molecule has 2 aromatic rings. The first-order valence-electron chi connectivity index (χ1n) is 9.70. The Balaban J connectivity index is 1.55. The van der Waals surface area contributed by atoms with E-state index in [9.17, 15) is 14.9 Å². The first-order chi connectivity index (χ1) is 13.8. The molecule has 2 heterocycles. The lowest BCUT2D eigenvalue weighted by atomic mass is 10.2. The zero-order chi connectivity index (χ0) is 21.0. The van der Waals surface area contributed by atoms with Crippen molar-refractivity contribution in [3.63, 3.8) is 0 Å². The molecule has 9 heteroatoms. The smallest absolute Gasteiger partial charge is 0.317 e. The summed E-state index contributed by atoms with van der Waals surface area (Å²) in [6.45, 7) is 8.92. The van der Waals surface area contributed by atoms with Crippen LogP contribution in [0.2, 0.25) is 0 Å². The number of hydrogen-bond acceptors (Lipinski definition) is 6. The molecular formula is C20H26N6O3. The minimum Gasteiger partial charge on any atom is -0.353 e. The van der Waals surface area contributed by atoms with E-state index in [1.54, 1.807) is 17.0 Å². The van der Waals surface area contributed by atoms with E-state index in [1.165, 1.54) is 12.1 Å². The number of nitrogens with zero attached hydrogens (tertiary/aromatic N) is 5. The fourth-order valence-corrected chi connectivity index (χ4v) is 3.20. The number of nitro benzene ring substituents is 1. The number of carbonyl (C=O) groups is 1. The van der Waals surface area contributed by atoms with Crippen molar-refractivity contribution in [2.24, 2.45) is 0 Å². The molecule has 1 fully saturated rings. The lowest BCUT2D eigenvalue weighted by Gasteiger charge is -2.35. The Morgan fingerprint density at radius 1 is 1.21 bits per heavy atom. The third-order valence-electron chi connectivity index (χ3n) is 4.83. The van der Waals surface area contributed by atoms with E-state index in [4.69, 9.17) is 0 Å². The number of carbonyl (C=O) groups excluding carboxylic acids is 1. The number of aromatic nitrogens is 2. The quantitative estimate of drug-likeness (QED) is 0.613. The zero-order valence-corrected chi connectivity index (χ0v) is 17.0. The summed E-state index contributed by atoms with van der Waals surface area (Å²) in [5, 5.41) is 13.7. The minimum atomic E-state index is -0.440. The van der Waals surface area contributed by atoms with Gasteiger partial charge >= 0.3 is 6.03 Å². The number of urea groups is 1. The van der Waals surface area contributed by atoms with Crippen LogP contribution in [0.25, 0.3) is 0 Å². The lowest BCUT2D eigenvalue weighted by Crippen LogP contribution is -2.52. The van der Waals surface area contributed by atoms with E-state index >= 15 is 0 Å². The molecule has 1 saturated heterocycles. The number of hydrogen-bond donors (Lipinski definition) is 1. The van der Waals surface area contributed by atoms with Crippen molar-refractivity contribution in [1.82, 2.24) is 20.2 Å². The van der Waals surface area contributed by atoms with Gasteiger partial charge in [0.2, 0.25) is 0 Å². The molecule has 1 aromatic heterocycles. The second-order valence-electron chi connectivity index (χ2n) is 7.44. The average molecular weight is 398 g/mol. The van der Waals surface area contributed by atoms with Crippen molar-refractivity contribution in [1.29, 1.82) is 0 Å². The summed E-state index contributed by atoms with van der Waals surface area (Å²) in [6, 6.07) is 8.09. The van der Waals surface area contributed by atoms with Gasteiger partial charge in [-0.1, -0.05) is 26.0 Å². The molecule has 1 aliphatic heterocycles. The summed E-state index contributed by atoms with van der Waals surface area (Å²) >= 11 is 0. The molecule has 1 N–H and O–H groups in total. The first-order valence-corrected chi connectivity index (χ1v) is 9.70. The highest BCUT2D eigenvalue weighted by Gasteiger charge is 2.22. The summed E-state index contributed by atoms with van der Waals surface area (Å²) in [5.41, 5.74) is 1.66. The molecule has 0 aliphatic carbocycles. The van der Waals surface area contributed by atoms with Crippen LogP contribution in [0.4, 0.5) is 16.3 Å². The molecule has 0 bridgehead atoms. The van der Waals surface area contributed by atoms with Gasteiger partial charge < -0.3 is 15.1 Å². The van der Waals surface area contributed by atoms with Crippen molar-refractivity contribution in [2.75, 3.05) is 31.1 Å². The predicted octanol–water partition coefficient (Wildman–Crippen LogP) is 2.85. The van der Waals surface area contributed by atoms with E-state index in [-0.39, 0.29) is 24.2 Å². The number of benzene rings is 1. The molecule has 154 valence electrons. The number of anilines is 1. The molecule has 0 unspecified atom stereocenters. The Bertz CT molecular complexity index is 894. The summed E-state index contributed by atoms with van der Waals surface area (Å²) < 4.78 is 0. The van der Waals surface area contributed by atoms with Crippen LogP contribution >= 0.6 is 0 Å². The predicted molar refractivity (Wildman–Crippen MR) is 110 cm³/mol.